The summed E-state index contributed by atoms with van der Waals surface area (Å²) in [5.41, 5.74) is 8.08. The molecule has 1 amide bonds. The molecule has 1 saturated heterocycles. The van der Waals surface area contributed by atoms with Crippen molar-refractivity contribution in [1.82, 2.24) is 4.90 Å². The summed E-state index contributed by atoms with van der Waals surface area (Å²) in [7, 11) is 0. The summed E-state index contributed by atoms with van der Waals surface area (Å²) in [5, 5.41) is 19.7. The van der Waals surface area contributed by atoms with Crippen LogP contribution in [0.1, 0.15) is 69.6 Å². The highest BCUT2D eigenvalue weighted by Gasteiger charge is 2.36. The molecule has 5 N–H and O–H groups in total. The molecule has 0 aliphatic carbocycles. The average Bonchev–Trinajstić information content (AvgIpc) is 2.89. The molecule has 204 valence electrons. The van der Waals surface area contributed by atoms with Gasteiger partial charge in [-0.3, -0.25) is 19.9 Å². The molecule has 2 aliphatic heterocycles. The number of carboxylic acid groups (broad SMARTS) is 1. The fourth-order valence-corrected chi connectivity index (χ4v) is 5.52. The number of carboxylic acids is 1. The molecular weight excluding hydrogens is 482 g/mol. The molecule has 4 rings (SSSR count). The number of nitrogens with one attached hydrogen (secondary N) is 2. The molecule has 2 aromatic carbocycles. The first kappa shape index (κ1) is 27.4. The number of nitrogens with two attached hydrogens (primary N) is 1. The van der Waals surface area contributed by atoms with Crippen molar-refractivity contribution < 1.29 is 19.4 Å². The maximum atomic E-state index is 13.7. The summed E-state index contributed by atoms with van der Waals surface area (Å²) in [6.45, 7) is 6.01. The number of carbonyl (C=O) groups excluding carboxylic acids is 1. The summed E-state index contributed by atoms with van der Waals surface area (Å²) >= 11 is 0. The number of likely N-dealkylation sites (tertiary alicyclic amines) is 1. The van der Waals surface area contributed by atoms with Crippen molar-refractivity contribution in [3.8, 4) is 5.75 Å². The Morgan fingerprint density at radius 3 is 2.55 bits per heavy atom. The van der Waals surface area contributed by atoms with E-state index in [0.717, 1.165) is 25.8 Å². The molecule has 0 bridgehead atoms. The van der Waals surface area contributed by atoms with Crippen LogP contribution in [0.25, 0.3) is 0 Å². The van der Waals surface area contributed by atoms with Crippen LogP contribution in [-0.2, 0) is 9.59 Å². The molecule has 2 aliphatic rings. The minimum absolute atomic E-state index is 0.0705. The molecule has 0 aromatic heterocycles. The number of unbranched alkanes of at least 4 members (excludes halogenated alkanes) is 2. The van der Waals surface area contributed by atoms with Crippen LogP contribution in [0.15, 0.2) is 42.5 Å². The Morgan fingerprint density at radius 1 is 1.11 bits per heavy atom. The minimum Gasteiger partial charge on any atom is -0.480 e. The monoisotopic (exact) mass is 521 g/mol. The van der Waals surface area contributed by atoms with Crippen LogP contribution < -0.4 is 20.7 Å². The number of anilines is 2. The van der Waals surface area contributed by atoms with Crippen LogP contribution in [0.3, 0.4) is 0 Å². The van der Waals surface area contributed by atoms with Crippen molar-refractivity contribution >= 4 is 29.1 Å². The second-order valence-electron chi connectivity index (χ2n) is 10.4. The Balaban J connectivity index is 1.49. The molecule has 0 saturated carbocycles. The van der Waals surface area contributed by atoms with E-state index in [1.807, 2.05) is 6.07 Å². The summed E-state index contributed by atoms with van der Waals surface area (Å²) in [6.07, 6.45) is 5.88. The molecule has 1 fully saturated rings. The Hall–Kier alpha value is -3.59. The number of nitrogen functional groups attached to an aromatic ring is 1. The standard InChI is InChI=1S/C29H39N5O4/c1-19-8-6-9-20(2)33(19)14-4-3-5-15-34-24-17-23(32-18-26(35)36)12-13-25(24)38-27(29(34)37)21-10-7-11-22(16-21)28(30)31/h7,10-13,16-17,19-20,27,32H,3-6,8-9,14-15,18H2,1-2H3,(H3,30,31)(H,35,36)/t19-,20+,27?. The number of hydrogen-bond acceptors (Lipinski definition) is 6. The SMILES string of the molecule is C[C@@H]1CCC[C@H](C)N1CCCCCN1C(=O)C(c2cccc(C(=N)N)c2)Oc2ccc(NCC(=O)O)cc21. The first-order valence-electron chi connectivity index (χ1n) is 13.5. The lowest BCUT2D eigenvalue weighted by Gasteiger charge is -2.39. The van der Waals surface area contributed by atoms with Gasteiger partial charge in [0.15, 0.2) is 0 Å². The van der Waals surface area contributed by atoms with E-state index in [-0.39, 0.29) is 18.3 Å². The predicted molar refractivity (Wildman–Crippen MR) is 149 cm³/mol. The van der Waals surface area contributed by atoms with Gasteiger partial charge in [0.05, 0.1) is 5.69 Å². The lowest BCUT2D eigenvalue weighted by molar-refractivity contribution is -0.135. The molecule has 9 heteroatoms. The lowest BCUT2D eigenvalue weighted by Crippen LogP contribution is -2.44. The van der Waals surface area contributed by atoms with E-state index in [1.54, 1.807) is 41.3 Å². The van der Waals surface area contributed by atoms with Gasteiger partial charge < -0.3 is 25.8 Å². The third-order valence-electron chi connectivity index (χ3n) is 7.60. The molecule has 3 atom stereocenters. The van der Waals surface area contributed by atoms with E-state index in [0.29, 0.717) is 46.9 Å². The van der Waals surface area contributed by atoms with Gasteiger partial charge in [-0.1, -0.05) is 31.0 Å². The van der Waals surface area contributed by atoms with Gasteiger partial charge in [0.1, 0.15) is 18.1 Å². The molecule has 2 aromatic rings. The lowest BCUT2D eigenvalue weighted by atomic mass is 9.97. The highest BCUT2D eigenvalue weighted by Crippen LogP contribution is 2.41. The number of aliphatic carboxylic acids is 1. The van der Waals surface area contributed by atoms with Crippen LogP contribution in [0.5, 0.6) is 5.75 Å². The Morgan fingerprint density at radius 2 is 1.84 bits per heavy atom. The normalized spacial score (nSPS) is 21.5. The quantitative estimate of drug-likeness (QED) is 0.196. The third-order valence-corrected chi connectivity index (χ3v) is 7.60. The molecule has 9 nitrogen and oxygen atoms in total. The predicted octanol–water partition coefficient (Wildman–Crippen LogP) is 4.37. The Kier molecular flexibility index (Phi) is 8.89. The van der Waals surface area contributed by atoms with Crippen molar-refractivity contribution in [3.63, 3.8) is 0 Å². The number of fused-ring (bicyclic) bond motifs is 1. The van der Waals surface area contributed by atoms with E-state index < -0.39 is 12.1 Å². The van der Waals surface area contributed by atoms with Gasteiger partial charge in [0.25, 0.3) is 5.91 Å². The van der Waals surface area contributed by atoms with Crippen LogP contribution in [0.4, 0.5) is 11.4 Å². The van der Waals surface area contributed by atoms with E-state index in [1.165, 1.54) is 19.3 Å². The highest BCUT2D eigenvalue weighted by molar-refractivity contribution is 6.02. The van der Waals surface area contributed by atoms with E-state index in [2.05, 4.69) is 24.1 Å². The number of benzene rings is 2. The Bertz CT molecular complexity index is 1160. The molecular formula is C29H39N5O4. The maximum absolute atomic E-state index is 13.7. The van der Waals surface area contributed by atoms with Gasteiger partial charge in [-0.2, -0.15) is 0 Å². The topological polar surface area (TPSA) is 132 Å². The second kappa shape index (κ2) is 12.3. The zero-order chi connectivity index (χ0) is 27.2. The minimum atomic E-state index is -0.963. The van der Waals surface area contributed by atoms with Crippen molar-refractivity contribution in [1.29, 1.82) is 5.41 Å². The van der Waals surface area contributed by atoms with Crippen LogP contribution >= 0.6 is 0 Å². The van der Waals surface area contributed by atoms with Crippen molar-refractivity contribution in [3.05, 3.63) is 53.6 Å². The van der Waals surface area contributed by atoms with Gasteiger partial charge in [-0.05, 0) is 70.3 Å². The van der Waals surface area contributed by atoms with Gasteiger partial charge in [0, 0.05) is 35.4 Å². The first-order chi connectivity index (χ1) is 18.2. The smallest absolute Gasteiger partial charge is 0.322 e. The zero-order valence-corrected chi connectivity index (χ0v) is 22.3. The second-order valence-corrected chi connectivity index (χ2v) is 10.4. The summed E-state index contributed by atoms with van der Waals surface area (Å²) in [4.78, 5) is 29.1. The molecule has 38 heavy (non-hydrogen) atoms. The van der Waals surface area contributed by atoms with Gasteiger partial charge >= 0.3 is 5.97 Å². The molecule has 2 heterocycles. The molecule has 0 radical (unpaired) electrons. The summed E-state index contributed by atoms with van der Waals surface area (Å²) < 4.78 is 6.15. The highest BCUT2D eigenvalue weighted by atomic mass is 16.5. The van der Waals surface area contributed by atoms with Crippen molar-refractivity contribution in [2.45, 2.75) is 70.6 Å². The number of rotatable bonds is 11. The van der Waals surface area contributed by atoms with Crippen LogP contribution in [0.2, 0.25) is 0 Å². The maximum Gasteiger partial charge on any atom is 0.322 e. The Labute approximate surface area is 224 Å². The largest absolute Gasteiger partial charge is 0.480 e. The average molecular weight is 522 g/mol. The number of hydrogen-bond donors (Lipinski definition) is 4. The summed E-state index contributed by atoms with van der Waals surface area (Å²) in [5.74, 6) is -0.667. The number of piperidine rings is 1. The number of amides is 1. The van der Waals surface area contributed by atoms with Crippen molar-refractivity contribution in [2.75, 3.05) is 29.9 Å². The van der Waals surface area contributed by atoms with E-state index >= 15 is 0 Å². The van der Waals surface area contributed by atoms with Crippen molar-refractivity contribution in [2.24, 2.45) is 5.73 Å². The van der Waals surface area contributed by atoms with E-state index in [4.69, 9.17) is 21.0 Å². The molecule has 1 unspecified atom stereocenters. The number of amidine groups is 1. The zero-order valence-electron chi connectivity index (χ0n) is 22.3. The van der Waals surface area contributed by atoms with Gasteiger partial charge in [-0.25, -0.2) is 0 Å². The van der Waals surface area contributed by atoms with E-state index in [9.17, 15) is 9.59 Å². The fraction of sp³-hybridized carbons (Fsp3) is 0.483. The third kappa shape index (κ3) is 6.45. The van der Waals surface area contributed by atoms with Crippen LogP contribution in [0, 0.1) is 5.41 Å². The van der Waals surface area contributed by atoms with Gasteiger partial charge in [0.2, 0.25) is 6.10 Å². The fourth-order valence-electron chi connectivity index (χ4n) is 5.52. The summed E-state index contributed by atoms with van der Waals surface area (Å²) in [6, 6.07) is 13.6. The van der Waals surface area contributed by atoms with Gasteiger partial charge in [-0.15, -0.1) is 0 Å². The number of nitrogens with zero attached hydrogens (tertiary/aromatic N) is 2. The first-order valence-corrected chi connectivity index (χ1v) is 13.5. The van der Waals surface area contributed by atoms with Crippen LogP contribution in [-0.4, -0.2) is 59.4 Å². The molecule has 0 spiro atoms. The number of ether oxygens (including phenoxy) is 1. The number of carbonyl (C=O) groups is 2.